The molecule has 2 heterocycles. The second kappa shape index (κ2) is 6.04. The van der Waals surface area contributed by atoms with Crippen molar-refractivity contribution in [1.29, 1.82) is 0 Å². The number of carbonyl (C=O) groups excluding carboxylic acids is 2. The number of aliphatic carboxylic acids is 1. The first-order valence-corrected chi connectivity index (χ1v) is 7.81. The Kier molecular flexibility index (Phi) is 4.03. The summed E-state index contributed by atoms with van der Waals surface area (Å²) in [5.74, 6) is -1.13. The van der Waals surface area contributed by atoms with E-state index in [1.54, 1.807) is 24.3 Å². The maximum absolute atomic E-state index is 12.4. The van der Waals surface area contributed by atoms with E-state index >= 15 is 0 Å². The number of anilines is 2. The van der Waals surface area contributed by atoms with Gasteiger partial charge in [0.25, 0.3) is 5.91 Å². The lowest BCUT2D eigenvalue weighted by Crippen LogP contribution is -2.36. The fourth-order valence-corrected chi connectivity index (χ4v) is 2.51. The first-order chi connectivity index (χ1) is 11.8. The number of fused-ring (bicyclic) bond motifs is 1. The highest BCUT2D eigenvalue weighted by atomic mass is 16.4. The zero-order chi connectivity index (χ0) is 18.2. The fourth-order valence-electron chi connectivity index (χ4n) is 2.51. The van der Waals surface area contributed by atoms with E-state index in [4.69, 9.17) is 0 Å². The normalized spacial score (nSPS) is 13.8. The summed E-state index contributed by atoms with van der Waals surface area (Å²) in [6.07, 6.45) is 2.49. The van der Waals surface area contributed by atoms with Gasteiger partial charge in [0.1, 0.15) is 0 Å². The minimum Gasteiger partial charge on any atom is -0.479 e. The molecule has 1 aliphatic rings. The number of aryl methyl sites for hydroxylation is 1. The van der Waals surface area contributed by atoms with Crippen LogP contribution in [0.15, 0.2) is 30.5 Å². The standard InChI is InChI=1S/C17H18N4O4/c1-17(2,16(24)25)21-8-7-13(20-21)19-15(23)11-3-5-12-10(9-11)4-6-14(22)18-12/h3,5,7-9H,4,6H2,1-2H3,(H,18,22)(H,24,25)(H,19,20,23). The first kappa shape index (κ1) is 16.7. The number of nitrogens with one attached hydrogen (secondary N) is 2. The third-order valence-electron chi connectivity index (χ3n) is 4.19. The summed E-state index contributed by atoms with van der Waals surface area (Å²) in [5, 5.41) is 18.7. The molecule has 0 unspecified atom stereocenters. The highest BCUT2D eigenvalue weighted by Gasteiger charge is 2.30. The maximum atomic E-state index is 12.4. The molecule has 8 heteroatoms. The highest BCUT2D eigenvalue weighted by molar-refractivity contribution is 6.04. The average Bonchev–Trinajstić information content (AvgIpc) is 3.03. The smallest absolute Gasteiger partial charge is 0.331 e. The van der Waals surface area contributed by atoms with Crippen LogP contribution in [0.5, 0.6) is 0 Å². The van der Waals surface area contributed by atoms with Gasteiger partial charge < -0.3 is 15.7 Å². The summed E-state index contributed by atoms with van der Waals surface area (Å²) in [7, 11) is 0. The average molecular weight is 342 g/mol. The molecule has 1 aromatic heterocycles. The predicted molar refractivity (Wildman–Crippen MR) is 90.5 cm³/mol. The Morgan fingerprint density at radius 3 is 2.76 bits per heavy atom. The lowest BCUT2D eigenvalue weighted by Gasteiger charge is -2.19. The van der Waals surface area contributed by atoms with E-state index in [1.165, 1.54) is 24.7 Å². The molecule has 0 bridgehead atoms. The molecule has 1 aliphatic heterocycles. The molecule has 0 fully saturated rings. The Morgan fingerprint density at radius 1 is 1.28 bits per heavy atom. The first-order valence-electron chi connectivity index (χ1n) is 7.81. The van der Waals surface area contributed by atoms with Gasteiger partial charge in [0.15, 0.2) is 11.4 Å². The molecule has 130 valence electrons. The van der Waals surface area contributed by atoms with Crippen molar-refractivity contribution in [2.75, 3.05) is 10.6 Å². The number of benzene rings is 1. The third kappa shape index (κ3) is 3.23. The van der Waals surface area contributed by atoms with Crippen LogP contribution < -0.4 is 10.6 Å². The van der Waals surface area contributed by atoms with E-state index in [0.29, 0.717) is 18.4 Å². The number of nitrogens with zero attached hydrogens (tertiary/aromatic N) is 2. The highest BCUT2D eigenvalue weighted by Crippen LogP contribution is 2.24. The summed E-state index contributed by atoms with van der Waals surface area (Å²) in [6.45, 7) is 3.04. The van der Waals surface area contributed by atoms with Gasteiger partial charge >= 0.3 is 5.97 Å². The molecule has 0 aliphatic carbocycles. The molecule has 25 heavy (non-hydrogen) atoms. The number of carbonyl (C=O) groups is 3. The minimum atomic E-state index is -1.22. The van der Waals surface area contributed by atoms with Crippen molar-refractivity contribution in [1.82, 2.24) is 9.78 Å². The van der Waals surface area contributed by atoms with Crippen molar-refractivity contribution in [2.24, 2.45) is 0 Å². The van der Waals surface area contributed by atoms with Crippen LogP contribution >= 0.6 is 0 Å². The van der Waals surface area contributed by atoms with Gasteiger partial charge in [-0.15, -0.1) is 0 Å². The van der Waals surface area contributed by atoms with Crippen molar-refractivity contribution >= 4 is 29.3 Å². The van der Waals surface area contributed by atoms with E-state index in [0.717, 1.165) is 11.3 Å². The van der Waals surface area contributed by atoms with Crippen molar-refractivity contribution in [3.8, 4) is 0 Å². The summed E-state index contributed by atoms with van der Waals surface area (Å²) in [4.78, 5) is 35.0. The molecule has 2 aromatic rings. The van der Waals surface area contributed by atoms with Gasteiger partial charge in [-0.25, -0.2) is 4.79 Å². The van der Waals surface area contributed by atoms with Crippen molar-refractivity contribution in [3.05, 3.63) is 41.6 Å². The van der Waals surface area contributed by atoms with Crippen molar-refractivity contribution in [3.63, 3.8) is 0 Å². The number of hydrogen-bond acceptors (Lipinski definition) is 4. The van der Waals surface area contributed by atoms with Crippen LogP contribution in [0.1, 0.15) is 36.2 Å². The maximum Gasteiger partial charge on any atom is 0.331 e. The Labute approximate surface area is 143 Å². The van der Waals surface area contributed by atoms with Gasteiger partial charge in [0.05, 0.1) is 0 Å². The summed E-state index contributed by atoms with van der Waals surface area (Å²) in [6, 6.07) is 6.61. The minimum absolute atomic E-state index is 0.0312. The SMILES string of the molecule is CC(C)(C(=O)O)n1ccc(NC(=O)c2ccc3c(c2)CCC(=O)N3)n1. The molecule has 1 aromatic carbocycles. The molecule has 2 amide bonds. The Bertz CT molecular complexity index is 869. The molecule has 3 N–H and O–H groups in total. The van der Waals surface area contributed by atoms with Crippen molar-refractivity contribution in [2.45, 2.75) is 32.2 Å². The van der Waals surface area contributed by atoms with Crippen LogP contribution in [0.2, 0.25) is 0 Å². The van der Waals surface area contributed by atoms with Gasteiger partial charge in [0, 0.05) is 29.9 Å². The molecule has 0 saturated heterocycles. The Balaban J connectivity index is 1.76. The fraction of sp³-hybridized carbons (Fsp3) is 0.294. The van der Waals surface area contributed by atoms with Gasteiger partial charge in [-0.1, -0.05) is 0 Å². The Morgan fingerprint density at radius 2 is 2.04 bits per heavy atom. The van der Waals surface area contributed by atoms with E-state index in [2.05, 4.69) is 15.7 Å². The van der Waals surface area contributed by atoms with Gasteiger partial charge in [-0.2, -0.15) is 5.10 Å². The van der Waals surface area contributed by atoms with E-state index in [-0.39, 0.29) is 17.6 Å². The summed E-state index contributed by atoms with van der Waals surface area (Å²) < 4.78 is 1.29. The number of carboxylic acids is 1. The molecule has 3 rings (SSSR count). The third-order valence-corrected chi connectivity index (χ3v) is 4.19. The molecule has 0 saturated carbocycles. The van der Waals surface area contributed by atoms with Crippen LogP contribution in [0.3, 0.4) is 0 Å². The summed E-state index contributed by atoms with van der Waals surface area (Å²) in [5.41, 5.74) is 0.861. The molecule has 0 radical (unpaired) electrons. The van der Waals surface area contributed by atoms with Crippen LogP contribution in [0.25, 0.3) is 0 Å². The quantitative estimate of drug-likeness (QED) is 0.784. The second-order valence-corrected chi connectivity index (χ2v) is 6.38. The van der Waals surface area contributed by atoms with Crippen LogP contribution in [0, 0.1) is 0 Å². The van der Waals surface area contributed by atoms with Crippen LogP contribution in [-0.4, -0.2) is 32.7 Å². The zero-order valence-corrected chi connectivity index (χ0v) is 13.9. The monoisotopic (exact) mass is 342 g/mol. The van der Waals surface area contributed by atoms with Crippen LogP contribution in [-0.2, 0) is 21.5 Å². The molecular weight excluding hydrogens is 324 g/mol. The molecule has 8 nitrogen and oxygen atoms in total. The topological polar surface area (TPSA) is 113 Å². The summed E-state index contributed by atoms with van der Waals surface area (Å²) >= 11 is 0. The van der Waals surface area contributed by atoms with Gasteiger partial charge in [-0.05, 0) is 44.0 Å². The molecule has 0 atom stereocenters. The van der Waals surface area contributed by atoms with Crippen molar-refractivity contribution < 1.29 is 19.5 Å². The number of rotatable bonds is 4. The van der Waals surface area contributed by atoms with E-state index < -0.39 is 11.5 Å². The lowest BCUT2D eigenvalue weighted by atomic mass is 10.00. The van der Waals surface area contributed by atoms with Gasteiger partial charge in [0.2, 0.25) is 5.91 Å². The predicted octanol–water partition coefficient (Wildman–Crippen LogP) is 1.84. The molecular formula is C17H18N4O4. The number of hydrogen-bond donors (Lipinski definition) is 3. The lowest BCUT2D eigenvalue weighted by molar-refractivity contribution is -0.146. The number of carboxylic acid groups (broad SMARTS) is 1. The second-order valence-electron chi connectivity index (χ2n) is 6.38. The van der Waals surface area contributed by atoms with Gasteiger partial charge in [-0.3, -0.25) is 14.3 Å². The van der Waals surface area contributed by atoms with E-state index in [1.807, 2.05) is 0 Å². The number of aromatic nitrogens is 2. The van der Waals surface area contributed by atoms with E-state index in [9.17, 15) is 19.5 Å². The largest absolute Gasteiger partial charge is 0.479 e. The van der Waals surface area contributed by atoms with Crippen LogP contribution in [0.4, 0.5) is 11.5 Å². The Hall–Kier alpha value is -3.16. The number of amides is 2. The zero-order valence-electron chi connectivity index (χ0n) is 13.9. The molecule has 0 spiro atoms.